The van der Waals surface area contributed by atoms with Gasteiger partial charge in [0.2, 0.25) is 0 Å². The smallest absolute Gasteiger partial charge is 0.457 e. The summed E-state index contributed by atoms with van der Waals surface area (Å²) in [7, 11) is -4.25. The third-order valence-electron chi connectivity index (χ3n) is 6.89. The Morgan fingerprint density at radius 2 is 1.17 bits per heavy atom. The molecule has 0 heterocycles. The van der Waals surface area contributed by atoms with Crippen molar-refractivity contribution in [1.29, 1.82) is 0 Å². The van der Waals surface area contributed by atoms with E-state index in [9.17, 15) is 14.3 Å². The van der Waals surface area contributed by atoms with Crippen molar-refractivity contribution in [3.8, 4) is 0 Å². The Morgan fingerprint density at radius 3 is 1.70 bits per heavy atom. The van der Waals surface area contributed by atoms with Crippen molar-refractivity contribution in [3.05, 3.63) is 72.9 Å². The molecule has 2 atom stereocenters. The second-order valence-corrected chi connectivity index (χ2v) is 12.8. The van der Waals surface area contributed by atoms with Gasteiger partial charge in [-0.1, -0.05) is 125 Å². The van der Waals surface area contributed by atoms with Crippen molar-refractivity contribution < 1.29 is 32.8 Å². The number of esters is 1. The van der Waals surface area contributed by atoms with Gasteiger partial charge < -0.3 is 20.1 Å². The Balaban J connectivity index is 3.80. The summed E-state index contributed by atoms with van der Waals surface area (Å²) >= 11 is 0. The number of carbonyl (C=O) groups excluding carboxylic acids is 1. The maximum atomic E-state index is 12.0. The van der Waals surface area contributed by atoms with Crippen LogP contribution in [-0.4, -0.2) is 49.9 Å². The van der Waals surface area contributed by atoms with Gasteiger partial charge in [-0.25, -0.2) is 4.57 Å². The van der Waals surface area contributed by atoms with Gasteiger partial charge in [-0.05, 0) is 64.2 Å². The fraction of sp³-hybridized carbons (Fsp3) is 0.658. The Labute approximate surface area is 286 Å². The predicted octanol–water partition coefficient (Wildman–Crippen LogP) is 10.0. The summed E-state index contributed by atoms with van der Waals surface area (Å²) in [6.07, 6.45) is 43.2. The van der Waals surface area contributed by atoms with Crippen molar-refractivity contribution in [2.24, 2.45) is 5.73 Å². The maximum Gasteiger partial charge on any atom is 0.472 e. The van der Waals surface area contributed by atoms with Crippen molar-refractivity contribution in [1.82, 2.24) is 0 Å². The molecule has 0 aromatic heterocycles. The average Bonchev–Trinajstić information content (AvgIpc) is 3.06. The van der Waals surface area contributed by atoms with Crippen LogP contribution < -0.4 is 5.73 Å². The van der Waals surface area contributed by atoms with E-state index in [0.29, 0.717) is 13.0 Å². The first kappa shape index (κ1) is 44.9. The first-order chi connectivity index (χ1) is 22.9. The molecule has 270 valence electrons. The van der Waals surface area contributed by atoms with Crippen LogP contribution in [0.4, 0.5) is 0 Å². The van der Waals surface area contributed by atoms with Crippen LogP contribution in [0.5, 0.6) is 0 Å². The summed E-state index contributed by atoms with van der Waals surface area (Å²) in [4.78, 5) is 21.8. The molecule has 0 aliphatic rings. The van der Waals surface area contributed by atoms with Gasteiger partial charge in [0, 0.05) is 19.6 Å². The number of ether oxygens (including phenoxy) is 2. The monoisotopic (exact) mass is 679 g/mol. The van der Waals surface area contributed by atoms with Crippen LogP contribution in [0, 0.1) is 0 Å². The van der Waals surface area contributed by atoms with Gasteiger partial charge in [0.05, 0.1) is 19.8 Å². The molecule has 0 spiro atoms. The van der Waals surface area contributed by atoms with Crippen LogP contribution in [0.2, 0.25) is 0 Å². The van der Waals surface area contributed by atoms with Crippen LogP contribution in [0.25, 0.3) is 0 Å². The molecule has 3 N–H and O–H groups in total. The molecule has 0 radical (unpaired) electrons. The molecule has 0 bridgehead atoms. The first-order valence-electron chi connectivity index (χ1n) is 17.9. The van der Waals surface area contributed by atoms with E-state index in [1.165, 1.54) is 25.7 Å². The number of carbonyl (C=O) groups is 1. The third kappa shape index (κ3) is 35.1. The average molecular weight is 680 g/mol. The van der Waals surface area contributed by atoms with E-state index in [4.69, 9.17) is 24.3 Å². The van der Waals surface area contributed by atoms with Gasteiger partial charge in [-0.15, -0.1) is 0 Å². The lowest BCUT2D eigenvalue weighted by Gasteiger charge is -2.20. The van der Waals surface area contributed by atoms with Crippen LogP contribution in [0.3, 0.4) is 0 Å². The number of rotatable bonds is 33. The van der Waals surface area contributed by atoms with Gasteiger partial charge >= 0.3 is 13.8 Å². The summed E-state index contributed by atoms with van der Waals surface area (Å²) in [5, 5.41) is 0. The molecular formula is C38H66NO7P. The highest BCUT2D eigenvalue weighted by Gasteiger charge is 2.25. The number of hydrogen-bond donors (Lipinski definition) is 2. The lowest BCUT2D eigenvalue weighted by Crippen LogP contribution is -2.28. The molecule has 0 fully saturated rings. The topological polar surface area (TPSA) is 117 Å². The maximum absolute atomic E-state index is 12.0. The molecule has 2 unspecified atom stereocenters. The second-order valence-electron chi connectivity index (χ2n) is 11.4. The van der Waals surface area contributed by atoms with E-state index in [1.807, 2.05) is 6.92 Å². The molecule has 8 nitrogen and oxygen atoms in total. The lowest BCUT2D eigenvalue weighted by molar-refractivity contribution is -0.154. The summed E-state index contributed by atoms with van der Waals surface area (Å²) in [5.41, 5.74) is 5.30. The zero-order valence-electron chi connectivity index (χ0n) is 29.5. The number of nitrogens with two attached hydrogens (primary N) is 1. The van der Waals surface area contributed by atoms with Crippen molar-refractivity contribution in [2.45, 2.75) is 129 Å². The van der Waals surface area contributed by atoms with E-state index in [0.717, 1.165) is 70.6 Å². The van der Waals surface area contributed by atoms with Gasteiger partial charge in [0.1, 0.15) is 6.10 Å². The molecule has 47 heavy (non-hydrogen) atoms. The van der Waals surface area contributed by atoms with Crippen LogP contribution in [0.1, 0.15) is 123 Å². The lowest BCUT2D eigenvalue weighted by atomic mass is 10.1. The Kier molecular flexibility index (Phi) is 33.7. The predicted molar refractivity (Wildman–Crippen MR) is 196 cm³/mol. The number of phosphoric acid groups is 1. The largest absolute Gasteiger partial charge is 0.472 e. The van der Waals surface area contributed by atoms with Crippen molar-refractivity contribution in [2.75, 3.05) is 33.0 Å². The van der Waals surface area contributed by atoms with Crippen LogP contribution in [-0.2, 0) is 27.9 Å². The molecule has 0 saturated heterocycles. The quantitative estimate of drug-likeness (QED) is 0.0305. The molecule has 0 rings (SSSR count). The summed E-state index contributed by atoms with van der Waals surface area (Å²) in [6, 6.07) is 0. The van der Waals surface area contributed by atoms with Crippen LogP contribution in [0.15, 0.2) is 72.9 Å². The number of unbranched alkanes of at least 4 members (excludes halogenated alkanes) is 8. The molecule has 0 aromatic carbocycles. The standard InChI is InChI=1S/C38H66NO7P/c1-3-5-7-8-9-10-11-12-13-14-15-16-17-18-19-20-21-22-23-24-25-26-27-28-29-30-33-43-35-37(46-38(40)31-6-4-2)36-45-47(41,42)44-34-32-39/h5,7,9-10,12-13,15-16,18-19,21-22,37H,3-4,6,8,11,14,17,20,23-36,39H2,1-2H3,(H,41,42)/b7-5-,10-9-,13-12-,16-15-,19-18-,22-21-. The Morgan fingerprint density at radius 1 is 0.660 bits per heavy atom. The number of phosphoric ester groups is 1. The summed E-state index contributed by atoms with van der Waals surface area (Å²) < 4.78 is 32.7. The fourth-order valence-corrected chi connectivity index (χ4v) is 5.03. The van der Waals surface area contributed by atoms with E-state index in [2.05, 4.69) is 79.8 Å². The molecule has 0 aromatic rings. The van der Waals surface area contributed by atoms with Crippen LogP contribution >= 0.6 is 7.82 Å². The van der Waals surface area contributed by atoms with Gasteiger partial charge in [0.15, 0.2) is 0 Å². The molecular weight excluding hydrogens is 613 g/mol. The van der Waals surface area contributed by atoms with E-state index >= 15 is 0 Å². The zero-order valence-corrected chi connectivity index (χ0v) is 30.4. The van der Waals surface area contributed by atoms with Crippen molar-refractivity contribution in [3.63, 3.8) is 0 Å². The molecule has 9 heteroatoms. The van der Waals surface area contributed by atoms with E-state index < -0.39 is 13.9 Å². The Hall–Kier alpha value is -2.06. The molecule has 0 amide bonds. The minimum absolute atomic E-state index is 0.0940. The highest BCUT2D eigenvalue weighted by atomic mass is 31.2. The molecule has 0 aliphatic heterocycles. The van der Waals surface area contributed by atoms with Gasteiger partial charge in [-0.2, -0.15) is 0 Å². The summed E-state index contributed by atoms with van der Waals surface area (Å²) in [6.45, 7) is 4.49. The van der Waals surface area contributed by atoms with E-state index in [1.54, 1.807) is 0 Å². The SMILES string of the molecule is CC/C=C\C/C=C\C/C=C\C/C=C\C/C=C\C/C=C\CCCCCCCCCOCC(COP(=O)(O)OCCN)OC(=O)CCCC. The fourth-order valence-electron chi connectivity index (χ4n) is 4.27. The summed E-state index contributed by atoms with van der Waals surface area (Å²) in [5.74, 6) is -0.375. The van der Waals surface area contributed by atoms with E-state index in [-0.39, 0.29) is 38.8 Å². The normalized spacial score (nSPS) is 14.6. The third-order valence-corrected chi connectivity index (χ3v) is 7.87. The molecule has 0 saturated carbocycles. The highest BCUT2D eigenvalue weighted by molar-refractivity contribution is 7.47. The highest BCUT2D eigenvalue weighted by Crippen LogP contribution is 2.43. The first-order valence-corrected chi connectivity index (χ1v) is 19.4. The Bertz CT molecular complexity index is 942. The minimum atomic E-state index is -4.25. The minimum Gasteiger partial charge on any atom is -0.457 e. The number of allylic oxidation sites excluding steroid dienone is 12. The van der Waals surface area contributed by atoms with Gasteiger partial charge in [0.25, 0.3) is 0 Å². The number of hydrogen-bond acceptors (Lipinski definition) is 7. The molecule has 0 aliphatic carbocycles. The van der Waals surface area contributed by atoms with Crippen molar-refractivity contribution >= 4 is 13.8 Å². The zero-order chi connectivity index (χ0) is 34.5. The second kappa shape index (κ2) is 35.3. The van der Waals surface area contributed by atoms with Gasteiger partial charge in [-0.3, -0.25) is 13.8 Å².